The van der Waals surface area contributed by atoms with Crippen LogP contribution in [0, 0.1) is 0 Å². The average molecular weight is 470 g/mol. The first-order valence-electron chi connectivity index (χ1n) is 9.93. The summed E-state index contributed by atoms with van der Waals surface area (Å²) in [5.41, 5.74) is 3.18. The summed E-state index contributed by atoms with van der Waals surface area (Å²) in [4.78, 5) is 11.3. The van der Waals surface area contributed by atoms with Crippen LogP contribution in [0.25, 0.3) is 0 Å². The average Bonchev–Trinajstić information content (AvgIpc) is 2.77. The fraction of sp³-hybridized carbons (Fsp3) is 0.280. The lowest BCUT2D eigenvalue weighted by atomic mass is 10.2. The van der Waals surface area contributed by atoms with Crippen molar-refractivity contribution in [2.75, 3.05) is 42.0 Å². The van der Waals surface area contributed by atoms with Crippen molar-refractivity contribution >= 4 is 53.7 Å². The van der Waals surface area contributed by atoms with Crippen LogP contribution in [-0.2, 0) is 0 Å². The van der Waals surface area contributed by atoms with E-state index in [1.165, 1.54) is 11.0 Å². The molecular weight excluding hydrogens is 437 g/mol. The van der Waals surface area contributed by atoms with Crippen molar-refractivity contribution < 1.29 is 0 Å². The van der Waals surface area contributed by atoms with Crippen LogP contribution in [0.1, 0.15) is 21.3 Å². The summed E-state index contributed by atoms with van der Waals surface area (Å²) in [5, 5.41) is 8.42. The Balaban J connectivity index is 0.00000181. The van der Waals surface area contributed by atoms with E-state index in [2.05, 4.69) is 93.4 Å². The van der Waals surface area contributed by atoms with Gasteiger partial charge in [-0.25, -0.2) is 4.98 Å². The molecule has 0 saturated carbocycles. The highest BCUT2D eigenvalue weighted by Crippen LogP contribution is 2.31. The van der Waals surface area contributed by atoms with Crippen molar-refractivity contribution in [3.63, 3.8) is 0 Å². The molecule has 170 valence electrons. The van der Waals surface area contributed by atoms with E-state index in [1.807, 2.05) is 6.07 Å². The first-order chi connectivity index (χ1) is 14.6. The predicted molar refractivity (Wildman–Crippen MR) is 144 cm³/mol. The van der Waals surface area contributed by atoms with Gasteiger partial charge in [0.05, 0.1) is 6.20 Å². The second kappa shape index (κ2) is 11.8. The minimum atomic E-state index is -0.251. The summed E-state index contributed by atoms with van der Waals surface area (Å²) in [6, 6.07) is 16.6. The largest absolute Gasteiger partial charge is 0.367 e. The number of aromatic nitrogens is 2. The highest BCUT2D eigenvalue weighted by Gasteiger charge is 2.11. The Morgan fingerprint density at radius 2 is 1.72 bits per heavy atom. The van der Waals surface area contributed by atoms with Crippen molar-refractivity contribution in [1.82, 2.24) is 9.97 Å². The highest BCUT2D eigenvalue weighted by atomic mass is 35.5. The van der Waals surface area contributed by atoms with Gasteiger partial charge < -0.3 is 15.5 Å². The van der Waals surface area contributed by atoms with Crippen LogP contribution >= 0.6 is 19.5 Å². The Hall–Kier alpha value is -2.62. The maximum Gasteiger partial charge on any atom is 0.229 e. The van der Waals surface area contributed by atoms with E-state index < -0.39 is 0 Å². The Kier molecular flexibility index (Phi) is 9.49. The lowest BCUT2D eigenvalue weighted by Gasteiger charge is -2.25. The molecule has 2 N–H and O–H groups in total. The Morgan fingerprint density at radius 3 is 2.41 bits per heavy atom. The summed E-state index contributed by atoms with van der Waals surface area (Å²) in [5.74, 6) is 1.10. The molecule has 32 heavy (non-hydrogen) atoms. The molecule has 0 radical (unpaired) electrons. The standard InChI is InChI=1S/C23H25ClN5P.2CH4/c1-30(2)21-9-5-4-8-20(21)27-22-19(24)16-25-23(28-22)26-17-10-12-18(13-11-17)29-14-6-3-7-15-29;;/h3-6,8-13,16H,7,14-15H2,1-2H3,(H2,25,26,27,28);2*1H4. The molecule has 1 aromatic heterocycles. The second-order valence-corrected chi connectivity index (χ2v) is 9.98. The van der Waals surface area contributed by atoms with Gasteiger partial charge in [0.2, 0.25) is 5.95 Å². The number of anilines is 5. The fourth-order valence-electron chi connectivity index (χ4n) is 3.37. The van der Waals surface area contributed by atoms with E-state index in [4.69, 9.17) is 11.6 Å². The fourth-order valence-corrected chi connectivity index (χ4v) is 4.51. The molecule has 0 unspecified atom stereocenters. The van der Waals surface area contributed by atoms with Gasteiger partial charge in [0.25, 0.3) is 0 Å². The van der Waals surface area contributed by atoms with Gasteiger partial charge in [-0.05, 0) is 55.4 Å². The molecule has 3 aromatic rings. The molecule has 1 aliphatic rings. The van der Waals surface area contributed by atoms with E-state index >= 15 is 0 Å². The molecule has 2 heterocycles. The molecule has 4 rings (SSSR count). The van der Waals surface area contributed by atoms with Crippen LogP contribution in [0.15, 0.2) is 66.9 Å². The van der Waals surface area contributed by atoms with E-state index in [0.29, 0.717) is 16.8 Å². The summed E-state index contributed by atoms with van der Waals surface area (Å²) in [6.07, 6.45) is 7.16. The van der Waals surface area contributed by atoms with Crippen molar-refractivity contribution in [1.29, 1.82) is 0 Å². The third-order valence-corrected chi connectivity index (χ3v) is 6.56. The molecule has 7 heteroatoms. The Morgan fingerprint density at radius 1 is 0.969 bits per heavy atom. The molecule has 0 bridgehead atoms. The SMILES string of the molecule is C.C.CP(C)c1ccccc1Nc1nc(Nc2ccc(N3CC=CCC3)cc2)ncc1Cl. The smallest absolute Gasteiger partial charge is 0.229 e. The molecule has 0 aliphatic carbocycles. The van der Waals surface area contributed by atoms with Gasteiger partial charge in [-0.1, -0.05) is 64.7 Å². The molecule has 1 aliphatic heterocycles. The van der Waals surface area contributed by atoms with E-state index in [1.54, 1.807) is 6.20 Å². The lowest BCUT2D eigenvalue weighted by Crippen LogP contribution is -2.26. The van der Waals surface area contributed by atoms with Crippen molar-refractivity contribution in [2.45, 2.75) is 21.3 Å². The van der Waals surface area contributed by atoms with Crippen LogP contribution in [0.2, 0.25) is 5.02 Å². The number of hydrogen-bond acceptors (Lipinski definition) is 5. The minimum absolute atomic E-state index is 0. The number of benzene rings is 2. The normalized spacial score (nSPS) is 12.7. The molecule has 0 saturated heterocycles. The van der Waals surface area contributed by atoms with Gasteiger partial charge in [-0.2, -0.15) is 4.98 Å². The molecule has 0 atom stereocenters. The number of nitrogens with zero attached hydrogens (tertiary/aromatic N) is 3. The summed E-state index contributed by atoms with van der Waals surface area (Å²) < 4.78 is 0. The zero-order valence-electron chi connectivity index (χ0n) is 17.1. The maximum absolute atomic E-state index is 6.37. The quantitative estimate of drug-likeness (QED) is 0.300. The zero-order chi connectivity index (χ0) is 20.9. The highest BCUT2D eigenvalue weighted by molar-refractivity contribution is 7.64. The summed E-state index contributed by atoms with van der Waals surface area (Å²) in [6.45, 7) is 6.47. The monoisotopic (exact) mass is 469 g/mol. The van der Waals surface area contributed by atoms with Crippen LogP contribution < -0.4 is 20.8 Å². The van der Waals surface area contributed by atoms with Gasteiger partial charge in [0, 0.05) is 30.2 Å². The zero-order valence-corrected chi connectivity index (χ0v) is 18.8. The van der Waals surface area contributed by atoms with Gasteiger partial charge in [0.15, 0.2) is 5.82 Å². The first kappa shape index (κ1) is 25.6. The third kappa shape index (κ3) is 6.21. The summed E-state index contributed by atoms with van der Waals surface area (Å²) in [7, 11) is -0.251. The first-order valence-corrected chi connectivity index (χ1v) is 12.5. The Bertz CT molecular complexity index is 1040. The number of para-hydroxylation sites is 1. The molecule has 0 spiro atoms. The minimum Gasteiger partial charge on any atom is -0.367 e. The van der Waals surface area contributed by atoms with Gasteiger partial charge >= 0.3 is 0 Å². The van der Waals surface area contributed by atoms with Gasteiger partial charge in [0.1, 0.15) is 5.02 Å². The molecule has 0 amide bonds. The lowest BCUT2D eigenvalue weighted by molar-refractivity contribution is 0.821. The topological polar surface area (TPSA) is 53.1 Å². The molecule has 5 nitrogen and oxygen atoms in total. The molecule has 2 aromatic carbocycles. The van der Waals surface area contributed by atoms with Crippen LogP contribution in [-0.4, -0.2) is 36.4 Å². The van der Waals surface area contributed by atoms with Crippen molar-refractivity contribution in [3.05, 3.63) is 71.9 Å². The van der Waals surface area contributed by atoms with Crippen LogP contribution in [0.3, 0.4) is 0 Å². The number of hydrogen-bond donors (Lipinski definition) is 2. The number of nitrogens with one attached hydrogen (secondary N) is 2. The van der Waals surface area contributed by atoms with Crippen LogP contribution in [0.4, 0.5) is 28.8 Å². The summed E-state index contributed by atoms with van der Waals surface area (Å²) >= 11 is 6.37. The maximum atomic E-state index is 6.37. The van der Waals surface area contributed by atoms with Gasteiger partial charge in [-0.3, -0.25) is 0 Å². The molecule has 0 fully saturated rings. The second-order valence-electron chi connectivity index (χ2n) is 7.30. The Labute approximate surface area is 198 Å². The number of rotatable bonds is 6. The van der Waals surface area contributed by atoms with Crippen molar-refractivity contribution in [2.24, 2.45) is 0 Å². The number of halogens is 1. The van der Waals surface area contributed by atoms with E-state index in [9.17, 15) is 0 Å². The van der Waals surface area contributed by atoms with Crippen LogP contribution in [0.5, 0.6) is 0 Å². The molecular formula is C25H33ClN5P. The third-order valence-electron chi connectivity index (χ3n) is 4.93. The predicted octanol–water partition coefficient (Wildman–Crippen LogP) is 7.02. The van der Waals surface area contributed by atoms with E-state index in [-0.39, 0.29) is 22.8 Å². The van der Waals surface area contributed by atoms with Gasteiger partial charge in [-0.15, -0.1) is 0 Å². The van der Waals surface area contributed by atoms with Crippen molar-refractivity contribution in [3.8, 4) is 0 Å². The van der Waals surface area contributed by atoms with E-state index in [0.717, 1.165) is 30.9 Å².